The number of benzene rings is 10. The Morgan fingerprint density at radius 2 is 0.930 bits per heavy atom. The first-order chi connectivity index (χ1) is 28.3. The minimum Gasteiger partial charge on any atom is -0.457 e. The fourth-order valence-electron chi connectivity index (χ4n) is 9.81. The molecule has 0 aromatic heterocycles. The summed E-state index contributed by atoms with van der Waals surface area (Å²) >= 11 is 0. The Kier molecular flexibility index (Phi) is 6.88. The van der Waals surface area contributed by atoms with Gasteiger partial charge < -0.3 is 9.64 Å². The Labute approximate surface area is 331 Å². The van der Waals surface area contributed by atoms with Crippen molar-refractivity contribution in [2.75, 3.05) is 4.90 Å². The fraction of sp³-hybridized carbons (Fsp3) is 0.0182. The Morgan fingerprint density at radius 1 is 0.351 bits per heavy atom. The van der Waals surface area contributed by atoms with Crippen molar-refractivity contribution in [2.24, 2.45) is 0 Å². The van der Waals surface area contributed by atoms with E-state index in [0.29, 0.717) is 0 Å². The highest BCUT2D eigenvalue weighted by Gasteiger charge is 2.49. The number of rotatable bonds is 4. The van der Waals surface area contributed by atoms with Crippen LogP contribution < -0.4 is 9.64 Å². The summed E-state index contributed by atoms with van der Waals surface area (Å²) in [4.78, 5) is 2.46. The summed E-state index contributed by atoms with van der Waals surface area (Å²) in [6, 6.07) is 77.6. The molecule has 0 atom stereocenters. The van der Waals surface area contributed by atoms with Gasteiger partial charge in [0.05, 0.1) is 11.1 Å². The predicted molar refractivity (Wildman–Crippen MR) is 236 cm³/mol. The van der Waals surface area contributed by atoms with Gasteiger partial charge in [0.1, 0.15) is 11.5 Å². The van der Waals surface area contributed by atoms with Crippen molar-refractivity contribution >= 4 is 49.4 Å². The van der Waals surface area contributed by atoms with E-state index >= 15 is 0 Å². The van der Waals surface area contributed by atoms with Gasteiger partial charge in [-0.2, -0.15) is 0 Å². The number of hydrogen-bond acceptors (Lipinski definition) is 2. The van der Waals surface area contributed by atoms with Crippen LogP contribution in [0.15, 0.2) is 212 Å². The molecule has 57 heavy (non-hydrogen) atoms. The van der Waals surface area contributed by atoms with E-state index in [2.05, 4.69) is 217 Å². The molecule has 2 aliphatic rings. The average Bonchev–Trinajstić information content (AvgIpc) is 3.28. The van der Waals surface area contributed by atoms with Crippen LogP contribution in [0.5, 0.6) is 11.5 Å². The summed E-state index contributed by atoms with van der Waals surface area (Å²) in [6.07, 6.45) is 0. The molecule has 1 aliphatic carbocycles. The Balaban J connectivity index is 1.14. The van der Waals surface area contributed by atoms with Gasteiger partial charge in [-0.1, -0.05) is 164 Å². The SMILES string of the molecule is c1ccc(-c2ccc3cc(N(c4ccc5ccccc5c4)c4ccc5c6c(cccc46)C4(c6ccccc6Oc6ccccc64)c4ccccc4-5)ccc3c2)cc1. The van der Waals surface area contributed by atoms with Crippen LogP contribution in [0.2, 0.25) is 0 Å². The van der Waals surface area contributed by atoms with Crippen LogP contribution >= 0.6 is 0 Å². The molecule has 0 bridgehead atoms. The fourth-order valence-corrected chi connectivity index (χ4v) is 9.81. The van der Waals surface area contributed by atoms with Crippen molar-refractivity contribution in [3.63, 3.8) is 0 Å². The van der Waals surface area contributed by atoms with Crippen LogP contribution in [0.1, 0.15) is 22.3 Å². The molecule has 10 aromatic carbocycles. The molecule has 1 heterocycles. The van der Waals surface area contributed by atoms with Crippen molar-refractivity contribution in [1.29, 1.82) is 0 Å². The average molecular weight is 726 g/mol. The van der Waals surface area contributed by atoms with Crippen molar-refractivity contribution in [3.8, 4) is 33.8 Å². The van der Waals surface area contributed by atoms with Gasteiger partial charge in [-0.3, -0.25) is 0 Å². The number of para-hydroxylation sites is 2. The molecule has 0 unspecified atom stereocenters. The van der Waals surface area contributed by atoms with Gasteiger partial charge in [-0.25, -0.2) is 0 Å². The number of fused-ring (bicyclic) bond motifs is 10. The predicted octanol–water partition coefficient (Wildman–Crippen LogP) is 14.8. The quantitative estimate of drug-likeness (QED) is 0.179. The molecule has 2 nitrogen and oxygen atoms in total. The molecule has 2 heteroatoms. The first kappa shape index (κ1) is 31.9. The van der Waals surface area contributed by atoms with Crippen LogP contribution in [0.3, 0.4) is 0 Å². The lowest BCUT2D eigenvalue weighted by atomic mass is 9.58. The first-order valence-electron chi connectivity index (χ1n) is 19.7. The third-order valence-corrected chi connectivity index (χ3v) is 12.3. The third kappa shape index (κ3) is 4.65. The summed E-state index contributed by atoms with van der Waals surface area (Å²) in [6.45, 7) is 0. The molecule has 0 radical (unpaired) electrons. The highest BCUT2D eigenvalue weighted by atomic mass is 16.5. The van der Waals surface area contributed by atoms with Gasteiger partial charge in [0.25, 0.3) is 0 Å². The number of ether oxygens (including phenoxy) is 1. The van der Waals surface area contributed by atoms with Crippen LogP contribution in [0.4, 0.5) is 17.1 Å². The zero-order chi connectivity index (χ0) is 37.5. The lowest BCUT2D eigenvalue weighted by Crippen LogP contribution is -2.36. The number of nitrogens with zero attached hydrogens (tertiary/aromatic N) is 1. The Bertz CT molecular complexity index is 3190. The van der Waals surface area contributed by atoms with Crippen molar-refractivity contribution < 1.29 is 4.74 Å². The summed E-state index contributed by atoms with van der Waals surface area (Å²) < 4.78 is 6.68. The smallest absolute Gasteiger partial charge is 0.132 e. The van der Waals surface area contributed by atoms with Crippen molar-refractivity contribution in [1.82, 2.24) is 0 Å². The van der Waals surface area contributed by atoms with E-state index in [9.17, 15) is 0 Å². The lowest BCUT2D eigenvalue weighted by molar-refractivity contribution is 0.435. The maximum absolute atomic E-state index is 6.68. The molecule has 0 amide bonds. The largest absolute Gasteiger partial charge is 0.457 e. The Morgan fingerprint density at radius 3 is 1.70 bits per heavy atom. The Hall–Kier alpha value is -7.42. The second kappa shape index (κ2) is 12.3. The zero-order valence-corrected chi connectivity index (χ0v) is 31.1. The third-order valence-electron chi connectivity index (χ3n) is 12.3. The number of anilines is 3. The second-order valence-corrected chi connectivity index (χ2v) is 15.2. The van der Waals surface area contributed by atoms with Crippen molar-refractivity contribution in [3.05, 3.63) is 235 Å². The summed E-state index contributed by atoms with van der Waals surface area (Å²) in [5, 5.41) is 7.31. The topological polar surface area (TPSA) is 12.5 Å². The van der Waals surface area contributed by atoms with E-state index in [1.165, 1.54) is 65.7 Å². The molecular weight excluding hydrogens is 691 g/mol. The monoisotopic (exact) mass is 725 g/mol. The zero-order valence-electron chi connectivity index (χ0n) is 31.1. The summed E-state index contributed by atoms with van der Waals surface area (Å²) in [7, 11) is 0. The standard InChI is InChI=1S/C55H35NO/c1-2-13-36(14-3-1)39-25-26-41-35-43(30-28-40(41)33-39)56(42-29-27-37-15-4-5-16-38(37)34-42)51-32-31-45-44-17-6-7-19-47(44)55(50-22-12-18-46(51)54(45)50)48-20-8-10-23-52(48)57-53-24-11-9-21-49(53)55/h1-35H. The molecular formula is C55H35NO. The molecule has 12 rings (SSSR count). The maximum atomic E-state index is 6.68. The van der Waals surface area contributed by atoms with Crippen LogP contribution in [0, 0.1) is 0 Å². The van der Waals surface area contributed by atoms with Crippen LogP contribution in [-0.4, -0.2) is 0 Å². The van der Waals surface area contributed by atoms with Gasteiger partial charge >= 0.3 is 0 Å². The molecule has 1 spiro atoms. The van der Waals surface area contributed by atoms with Gasteiger partial charge in [0.2, 0.25) is 0 Å². The van der Waals surface area contributed by atoms with Crippen molar-refractivity contribution in [2.45, 2.75) is 5.41 Å². The molecule has 10 aromatic rings. The van der Waals surface area contributed by atoms with Gasteiger partial charge in [0.15, 0.2) is 0 Å². The van der Waals surface area contributed by atoms with E-state index < -0.39 is 5.41 Å². The maximum Gasteiger partial charge on any atom is 0.132 e. The van der Waals surface area contributed by atoms with E-state index in [0.717, 1.165) is 39.7 Å². The molecule has 266 valence electrons. The van der Waals surface area contributed by atoms with Gasteiger partial charge in [-0.15, -0.1) is 0 Å². The molecule has 0 saturated heterocycles. The minimum atomic E-state index is -0.583. The molecule has 1 aliphatic heterocycles. The highest BCUT2D eigenvalue weighted by Crippen LogP contribution is 2.61. The second-order valence-electron chi connectivity index (χ2n) is 15.2. The molecule has 0 saturated carbocycles. The van der Waals surface area contributed by atoms with E-state index in [1.54, 1.807) is 0 Å². The minimum absolute atomic E-state index is 0.583. The van der Waals surface area contributed by atoms with E-state index in [-0.39, 0.29) is 0 Å². The van der Waals surface area contributed by atoms with E-state index in [1.807, 2.05) is 0 Å². The number of hydrogen-bond donors (Lipinski definition) is 0. The summed E-state index contributed by atoms with van der Waals surface area (Å²) in [5.74, 6) is 1.79. The highest BCUT2D eigenvalue weighted by molar-refractivity contribution is 6.12. The van der Waals surface area contributed by atoms with Gasteiger partial charge in [0, 0.05) is 27.9 Å². The normalized spacial score (nSPS) is 13.2. The molecule has 0 fully saturated rings. The molecule has 0 N–H and O–H groups in total. The summed E-state index contributed by atoms with van der Waals surface area (Å²) in [5.41, 5.74) is 12.6. The lowest BCUT2D eigenvalue weighted by Gasteiger charge is -2.45. The van der Waals surface area contributed by atoms with Crippen LogP contribution in [-0.2, 0) is 5.41 Å². The van der Waals surface area contributed by atoms with Gasteiger partial charge in [-0.05, 0) is 109 Å². The van der Waals surface area contributed by atoms with E-state index in [4.69, 9.17) is 4.74 Å². The van der Waals surface area contributed by atoms with Crippen LogP contribution in [0.25, 0.3) is 54.6 Å². The first-order valence-corrected chi connectivity index (χ1v) is 19.7.